The molecule has 2 amide bonds. The number of rotatable bonds is 13. The number of sulfonamides is 1. The van der Waals surface area contributed by atoms with Crippen molar-refractivity contribution < 1.29 is 26.8 Å². The largest absolute Gasteiger partial charge is 0.354 e. The lowest BCUT2D eigenvalue weighted by molar-refractivity contribution is -0.141. The fraction of sp³-hybridized carbons (Fsp3) is 0.462. The first-order chi connectivity index (χ1) is 17.0. The maximum Gasteiger partial charge on any atom is 0.242 e. The summed E-state index contributed by atoms with van der Waals surface area (Å²) >= 11 is 0. The Labute approximate surface area is 212 Å². The van der Waals surface area contributed by atoms with E-state index in [4.69, 9.17) is 0 Å². The molecule has 0 unspecified atom stereocenters. The van der Waals surface area contributed by atoms with Gasteiger partial charge in [0.15, 0.2) is 11.6 Å². The Bertz CT molecular complexity index is 1140. The van der Waals surface area contributed by atoms with E-state index in [9.17, 15) is 26.8 Å². The quantitative estimate of drug-likeness (QED) is 0.427. The maximum absolute atomic E-state index is 13.7. The van der Waals surface area contributed by atoms with Gasteiger partial charge < -0.3 is 10.2 Å². The molecule has 0 aromatic heterocycles. The Balaban J connectivity index is 2.21. The molecule has 7 nitrogen and oxygen atoms in total. The molecule has 0 spiro atoms. The van der Waals surface area contributed by atoms with Gasteiger partial charge in [-0.3, -0.25) is 13.9 Å². The number of halogens is 2. The van der Waals surface area contributed by atoms with Crippen LogP contribution in [0, 0.1) is 18.6 Å². The molecule has 0 aliphatic heterocycles. The van der Waals surface area contributed by atoms with Crippen LogP contribution in [0.15, 0.2) is 42.5 Å². The molecular weight excluding hydrogens is 488 g/mol. The summed E-state index contributed by atoms with van der Waals surface area (Å²) in [5.74, 6) is -2.78. The second-order valence-corrected chi connectivity index (χ2v) is 10.7. The summed E-state index contributed by atoms with van der Waals surface area (Å²) in [7, 11) is -3.81. The van der Waals surface area contributed by atoms with E-state index < -0.39 is 27.7 Å². The summed E-state index contributed by atoms with van der Waals surface area (Å²) in [4.78, 5) is 27.7. The lowest BCUT2D eigenvalue weighted by Crippen LogP contribution is -2.49. The van der Waals surface area contributed by atoms with Crippen LogP contribution in [0.25, 0.3) is 0 Å². The van der Waals surface area contributed by atoms with Gasteiger partial charge in [-0.2, -0.15) is 0 Å². The molecule has 36 heavy (non-hydrogen) atoms. The molecule has 2 aromatic rings. The topological polar surface area (TPSA) is 86.8 Å². The highest BCUT2D eigenvalue weighted by Gasteiger charge is 2.28. The average molecular weight is 524 g/mol. The molecule has 198 valence electrons. The van der Waals surface area contributed by atoms with Crippen molar-refractivity contribution in [2.45, 2.75) is 59.0 Å². The van der Waals surface area contributed by atoms with Crippen molar-refractivity contribution >= 4 is 27.5 Å². The van der Waals surface area contributed by atoms with Gasteiger partial charge in [0.1, 0.15) is 6.04 Å². The fourth-order valence-corrected chi connectivity index (χ4v) is 4.78. The standard InChI is InChI=1S/C26H35F2N3O4S/c1-5-15-29-26(33)24(6-2)30(18-20-11-9-19(3)10-12-20)25(32)8-7-16-31(36(4,34)35)21-13-14-22(27)23(28)17-21/h9-14,17,24H,5-8,15-16,18H2,1-4H3,(H,29,33)/t24-/m1/s1. The van der Waals surface area contributed by atoms with Gasteiger partial charge in [-0.15, -0.1) is 0 Å². The van der Waals surface area contributed by atoms with Crippen LogP contribution in [-0.4, -0.2) is 50.5 Å². The number of carbonyl (C=O) groups is 2. The second-order valence-electron chi connectivity index (χ2n) is 8.76. The second kappa shape index (κ2) is 13.3. The van der Waals surface area contributed by atoms with Crippen LogP contribution < -0.4 is 9.62 Å². The highest BCUT2D eigenvalue weighted by molar-refractivity contribution is 7.92. The zero-order valence-corrected chi connectivity index (χ0v) is 22.1. The molecule has 0 bridgehead atoms. The van der Waals surface area contributed by atoms with Gasteiger partial charge >= 0.3 is 0 Å². The number of aryl methyl sites for hydroxylation is 1. The lowest BCUT2D eigenvalue weighted by atomic mass is 10.1. The van der Waals surface area contributed by atoms with Crippen molar-refractivity contribution in [3.05, 3.63) is 65.2 Å². The van der Waals surface area contributed by atoms with Crippen molar-refractivity contribution in [3.8, 4) is 0 Å². The number of carbonyl (C=O) groups excluding carboxylic acids is 2. The van der Waals surface area contributed by atoms with E-state index >= 15 is 0 Å². The van der Waals surface area contributed by atoms with Crippen LogP contribution in [0.4, 0.5) is 14.5 Å². The summed E-state index contributed by atoms with van der Waals surface area (Å²) in [6.07, 6.45) is 2.24. The number of benzene rings is 2. The fourth-order valence-electron chi connectivity index (χ4n) is 3.82. The molecule has 1 N–H and O–H groups in total. The van der Waals surface area contributed by atoms with Gasteiger partial charge in [-0.05, 0) is 43.9 Å². The van der Waals surface area contributed by atoms with E-state index in [0.717, 1.165) is 40.2 Å². The van der Waals surface area contributed by atoms with Gasteiger partial charge in [0, 0.05) is 32.1 Å². The number of hydrogen-bond acceptors (Lipinski definition) is 4. The molecule has 1 atom stereocenters. The van der Waals surface area contributed by atoms with Crippen LogP contribution in [0.2, 0.25) is 0 Å². The van der Waals surface area contributed by atoms with E-state index in [-0.39, 0.29) is 43.4 Å². The zero-order chi connectivity index (χ0) is 26.9. The van der Waals surface area contributed by atoms with E-state index in [2.05, 4.69) is 5.32 Å². The summed E-state index contributed by atoms with van der Waals surface area (Å²) in [5, 5.41) is 2.85. The number of anilines is 1. The minimum absolute atomic E-state index is 0.0225. The van der Waals surface area contributed by atoms with Crippen LogP contribution in [0.3, 0.4) is 0 Å². The molecule has 0 saturated carbocycles. The minimum atomic E-state index is -3.81. The Hall–Kier alpha value is -3.01. The average Bonchev–Trinajstić information content (AvgIpc) is 2.82. The molecule has 0 saturated heterocycles. The van der Waals surface area contributed by atoms with Crippen LogP contribution >= 0.6 is 0 Å². The van der Waals surface area contributed by atoms with E-state index in [0.29, 0.717) is 13.0 Å². The van der Waals surface area contributed by atoms with Crippen molar-refractivity contribution in [1.29, 1.82) is 0 Å². The Morgan fingerprint density at radius 2 is 1.69 bits per heavy atom. The Morgan fingerprint density at radius 3 is 2.25 bits per heavy atom. The van der Waals surface area contributed by atoms with Crippen molar-refractivity contribution in [3.63, 3.8) is 0 Å². The monoisotopic (exact) mass is 523 g/mol. The molecule has 10 heteroatoms. The third-order valence-electron chi connectivity index (χ3n) is 5.75. The molecule has 0 fully saturated rings. The van der Waals surface area contributed by atoms with Crippen molar-refractivity contribution in [2.75, 3.05) is 23.7 Å². The van der Waals surface area contributed by atoms with E-state index in [1.54, 1.807) is 0 Å². The maximum atomic E-state index is 13.7. The highest BCUT2D eigenvalue weighted by atomic mass is 32.2. The third-order valence-corrected chi connectivity index (χ3v) is 6.95. The number of nitrogens with zero attached hydrogens (tertiary/aromatic N) is 2. The number of nitrogens with one attached hydrogen (secondary N) is 1. The molecule has 0 radical (unpaired) electrons. The predicted molar refractivity (Wildman–Crippen MR) is 137 cm³/mol. The van der Waals surface area contributed by atoms with E-state index in [1.165, 1.54) is 11.0 Å². The smallest absolute Gasteiger partial charge is 0.242 e. The van der Waals surface area contributed by atoms with E-state index in [1.807, 2.05) is 45.0 Å². The van der Waals surface area contributed by atoms with Gasteiger partial charge in [-0.25, -0.2) is 17.2 Å². The molecular formula is C26H35F2N3O4S. The zero-order valence-electron chi connectivity index (χ0n) is 21.3. The van der Waals surface area contributed by atoms with Crippen LogP contribution in [0.1, 0.15) is 50.7 Å². The first-order valence-electron chi connectivity index (χ1n) is 12.0. The SMILES string of the molecule is CCCNC(=O)[C@@H](CC)N(Cc1ccc(C)cc1)C(=O)CCCN(c1ccc(F)c(F)c1)S(C)(=O)=O. The number of amides is 2. The van der Waals surface area contributed by atoms with Gasteiger partial charge in [0.25, 0.3) is 0 Å². The summed E-state index contributed by atoms with van der Waals surface area (Å²) in [5.41, 5.74) is 1.92. The molecule has 2 rings (SSSR count). The molecule has 0 aliphatic carbocycles. The van der Waals surface area contributed by atoms with Crippen LogP contribution in [-0.2, 0) is 26.2 Å². The van der Waals surface area contributed by atoms with Gasteiger partial charge in [0.2, 0.25) is 21.8 Å². The van der Waals surface area contributed by atoms with Crippen molar-refractivity contribution in [1.82, 2.24) is 10.2 Å². The highest BCUT2D eigenvalue weighted by Crippen LogP contribution is 2.22. The normalized spacial score (nSPS) is 12.2. The minimum Gasteiger partial charge on any atom is -0.354 e. The third kappa shape index (κ3) is 8.29. The Kier molecular flexibility index (Phi) is 10.8. The first-order valence-corrected chi connectivity index (χ1v) is 13.9. The predicted octanol–water partition coefficient (Wildman–Crippen LogP) is 4.15. The lowest BCUT2D eigenvalue weighted by Gasteiger charge is -2.31. The summed E-state index contributed by atoms with van der Waals surface area (Å²) in [6, 6.07) is 9.84. The molecule has 0 aliphatic rings. The summed E-state index contributed by atoms with van der Waals surface area (Å²) < 4.78 is 52.6. The number of hydrogen-bond donors (Lipinski definition) is 1. The summed E-state index contributed by atoms with van der Waals surface area (Å²) in [6.45, 7) is 6.36. The van der Waals surface area contributed by atoms with Crippen molar-refractivity contribution in [2.24, 2.45) is 0 Å². The Morgan fingerprint density at radius 1 is 1.03 bits per heavy atom. The molecule has 0 heterocycles. The van der Waals surface area contributed by atoms with Gasteiger partial charge in [-0.1, -0.05) is 43.7 Å². The van der Waals surface area contributed by atoms with Crippen LogP contribution in [0.5, 0.6) is 0 Å². The van der Waals surface area contributed by atoms with Gasteiger partial charge in [0.05, 0.1) is 11.9 Å². The first kappa shape index (κ1) is 29.2. The molecule has 2 aromatic carbocycles.